The number of ether oxygens (including phenoxy) is 1. The summed E-state index contributed by atoms with van der Waals surface area (Å²) >= 11 is 6.30. The van der Waals surface area contributed by atoms with Crippen LogP contribution in [0.5, 0.6) is 5.75 Å². The second-order valence-electron chi connectivity index (χ2n) is 12.3. The molecule has 2 bridgehead atoms. The molecule has 41 heavy (non-hydrogen) atoms. The molecule has 0 aromatic heterocycles. The third-order valence-corrected chi connectivity index (χ3v) is 11.2. The highest BCUT2D eigenvalue weighted by Gasteiger charge is 2.38. The monoisotopic (exact) mass is 600 g/mol. The Balaban J connectivity index is 1.53. The van der Waals surface area contributed by atoms with E-state index in [-0.39, 0.29) is 29.1 Å². The largest absolute Gasteiger partial charge is 0.487 e. The molecule has 2 heterocycles. The molecule has 2 aliphatic heterocycles. The van der Waals surface area contributed by atoms with Crippen LogP contribution in [0.3, 0.4) is 0 Å². The normalized spacial score (nSPS) is 28.9. The maximum absolute atomic E-state index is 13.2. The standard InChI is InChI=1S/C32H41ClN2O5S/c1-21-6-7-26(18-36)29-12-9-25(29)17-35-14-4-3-5-23-15-28(33)11-8-27(23)19-40-31-13-10-24(16-30(31)35)32(37)34-41(38,39)20-22(21)2/h8,10-11,13,15-16,18,21-22,25-26,29H,3-7,9,12,14,17,19-20H2,1-2H3,(H,34,37)/t21-,22+,25+,26?,29-/m1/s1. The summed E-state index contributed by atoms with van der Waals surface area (Å²) in [4.78, 5) is 27.8. The summed E-state index contributed by atoms with van der Waals surface area (Å²) in [6.45, 7) is 5.83. The van der Waals surface area contributed by atoms with E-state index >= 15 is 0 Å². The van der Waals surface area contributed by atoms with Crippen molar-refractivity contribution in [3.05, 3.63) is 58.1 Å². The van der Waals surface area contributed by atoms with E-state index in [9.17, 15) is 18.0 Å². The Labute approximate surface area is 249 Å². The fourth-order valence-electron chi connectivity index (χ4n) is 6.62. The zero-order valence-corrected chi connectivity index (χ0v) is 25.6. The van der Waals surface area contributed by atoms with Crippen molar-refractivity contribution >= 4 is 39.5 Å². The van der Waals surface area contributed by atoms with Crippen LogP contribution in [0.2, 0.25) is 5.02 Å². The maximum atomic E-state index is 13.2. The Morgan fingerprint density at radius 3 is 2.59 bits per heavy atom. The average Bonchev–Trinajstić information content (AvgIpc) is 2.95. The Morgan fingerprint density at radius 2 is 1.83 bits per heavy atom. The molecule has 5 atom stereocenters. The number of nitrogens with zero attached hydrogens (tertiary/aromatic N) is 1. The van der Waals surface area contributed by atoms with Crippen molar-refractivity contribution in [1.82, 2.24) is 4.72 Å². The number of aldehydes is 1. The third kappa shape index (κ3) is 7.08. The Hall–Kier alpha value is -2.58. The summed E-state index contributed by atoms with van der Waals surface area (Å²) in [5.74, 6) is 0.509. The van der Waals surface area contributed by atoms with Crippen molar-refractivity contribution in [1.29, 1.82) is 0 Å². The van der Waals surface area contributed by atoms with Gasteiger partial charge in [-0.1, -0.05) is 31.5 Å². The number of anilines is 1. The average molecular weight is 601 g/mol. The van der Waals surface area contributed by atoms with Gasteiger partial charge < -0.3 is 14.4 Å². The molecule has 2 aromatic carbocycles. The van der Waals surface area contributed by atoms with Gasteiger partial charge in [0.25, 0.3) is 5.91 Å². The van der Waals surface area contributed by atoms with Crippen LogP contribution in [-0.4, -0.2) is 39.5 Å². The first-order valence-corrected chi connectivity index (χ1v) is 17.0. The summed E-state index contributed by atoms with van der Waals surface area (Å²) in [5.41, 5.74) is 3.32. The predicted molar refractivity (Wildman–Crippen MR) is 162 cm³/mol. The van der Waals surface area contributed by atoms with E-state index in [1.807, 2.05) is 32.0 Å². The first-order chi connectivity index (χ1) is 19.6. The SMILES string of the molecule is C[C@@H]1CCC(C=O)[C@@H]2CC[C@H]2CN2CCCCc3cc(Cl)ccc3COc3ccc(cc32)C(=O)NS(=O)(=O)C[C@@H]1C. The minimum absolute atomic E-state index is 0.0298. The van der Waals surface area contributed by atoms with E-state index in [0.717, 1.165) is 75.6 Å². The fraction of sp³-hybridized carbons (Fsp3) is 0.562. The second-order valence-corrected chi connectivity index (χ2v) is 14.5. The molecule has 5 rings (SSSR count). The highest BCUT2D eigenvalue weighted by molar-refractivity contribution is 7.90. The number of hydrogen-bond acceptors (Lipinski definition) is 6. The van der Waals surface area contributed by atoms with Crippen LogP contribution in [0, 0.1) is 29.6 Å². The van der Waals surface area contributed by atoms with Crippen molar-refractivity contribution in [3.8, 4) is 5.75 Å². The van der Waals surface area contributed by atoms with Crippen molar-refractivity contribution in [2.75, 3.05) is 23.7 Å². The molecule has 9 heteroatoms. The minimum Gasteiger partial charge on any atom is -0.487 e. The van der Waals surface area contributed by atoms with Gasteiger partial charge in [-0.15, -0.1) is 0 Å². The van der Waals surface area contributed by atoms with E-state index in [1.54, 1.807) is 18.2 Å². The third-order valence-electron chi connectivity index (χ3n) is 9.55. The fourth-order valence-corrected chi connectivity index (χ4v) is 8.32. The number of rotatable bonds is 1. The first-order valence-electron chi connectivity index (χ1n) is 14.9. The molecule has 0 spiro atoms. The maximum Gasteiger partial charge on any atom is 0.264 e. The lowest BCUT2D eigenvalue weighted by Gasteiger charge is -2.44. The number of carbonyl (C=O) groups excluding carboxylic acids is 2. The molecule has 3 aliphatic rings. The van der Waals surface area contributed by atoms with Gasteiger partial charge in [-0.3, -0.25) is 4.79 Å². The highest BCUT2D eigenvalue weighted by Crippen LogP contribution is 2.43. The van der Waals surface area contributed by atoms with Crippen molar-refractivity contribution in [2.45, 2.75) is 65.4 Å². The molecular formula is C32H41ClN2O5S. The molecule has 1 fully saturated rings. The summed E-state index contributed by atoms with van der Waals surface area (Å²) in [5, 5.41) is 0.708. The molecule has 1 amide bonds. The van der Waals surface area contributed by atoms with E-state index in [2.05, 4.69) is 9.62 Å². The van der Waals surface area contributed by atoms with Gasteiger partial charge in [-0.25, -0.2) is 13.1 Å². The number of hydrogen-bond donors (Lipinski definition) is 1. The number of nitrogens with one attached hydrogen (secondary N) is 1. The number of amides is 1. The highest BCUT2D eigenvalue weighted by atomic mass is 35.5. The molecule has 1 aliphatic carbocycles. The number of aryl methyl sites for hydroxylation is 1. The quantitative estimate of drug-likeness (QED) is 0.402. The molecular weight excluding hydrogens is 560 g/mol. The van der Waals surface area contributed by atoms with Gasteiger partial charge in [0.1, 0.15) is 18.6 Å². The molecule has 0 radical (unpaired) electrons. The van der Waals surface area contributed by atoms with Gasteiger partial charge in [-0.2, -0.15) is 0 Å². The summed E-state index contributed by atoms with van der Waals surface area (Å²) < 4.78 is 34.6. The molecule has 222 valence electrons. The zero-order valence-electron chi connectivity index (χ0n) is 24.0. The minimum atomic E-state index is -3.84. The van der Waals surface area contributed by atoms with Crippen LogP contribution in [0.1, 0.15) is 73.9 Å². The smallest absolute Gasteiger partial charge is 0.264 e. The summed E-state index contributed by atoms with van der Waals surface area (Å²) in [6, 6.07) is 11.1. The number of sulfonamides is 1. The van der Waals surface area contributed by atoms with Gasteiger partial charge >= 0.3 is 0 Å². The van der Waals surface area contributed by atoms with Gasteiger partial charge in [0.15, 0.2) is 0 Å². The van der Waals surface area contributed by atoms with Crippen LogP contribution < -0.4 is 14.4 Å². The van der Waals surface area contributed by atoms with Crippen LogP contribution >= 0.6 is 11.6 Å². The second kappa shape index (κ2) is 12.7. The van der Waals surface area contributed by atoms with Crippen molar-refractivity contribution < 1.29 is 22.7 Å². The summed E-state index contributed by atoms with van der Waals surface area (Å²) in [7, 11) is -3.84. The topological polar surface area (TPSA) is 92.8 Å². The van der Waals surface area contributed by atoms with Gasteiger partial charge in [0.2, 0.25) is 10.0 Å². The van der Waals surface area contributed by atoms with E-state index in [0.29, 0.717) is 29.2 Å². The van der Waals surface area contributed by atoms with Crippen LogP contribution in [0.15, 0.2) is 36.4 Å². The number of halogens is 1. The van der Waals surface area contributed by atoms with Crippen LogP contribution in [0.4, 0.5) is 5.69 Å². The molecule has 1 unspecified atom stereocenters. The van der Waals surface area contributed by atoms with E-state index in [1.165, 1.54) is 5.56 Å². The van der Waals surface area contributed by atoms with Crippen LogP contribution in [0.25, 0.3) is 0 Å². The van der Waals surface area contributed by atoms with Gasteiger partial charge in [0, 0.05) is 29.6 Å². The lowest BCUT2D eigenvalue weighted by Crippen LogP contribution is -2.42. The van der Waals surface area contributed by atoms with Crippen molar-refractivity contribution in [3.63, 3.8) is 0 Å². The zero-order chi connectivity index (χ0) is 29.1. The lowest BCUT2D eigenvalue weighted by atomic mass is 9.65. The molecule has 0 saturated heterocycles. The summed E-state index contributed by atoms with van der Waals surface area (Å²) in [6.07, 6.45) is 7.55. The lowest BCUT2D eigenvalue weighted by molar-refractivity contribution is -0.115. The number of carbonyl (C=O) groups is 2. The predicted octanol–water partition coefficient (Wildman–Crippen LogP) is 6.03. The van der Waals surface area contributed by atoms with Crippen molar-refractivity contribution in [2.24, 2.45) is 29.6 Å². The Morgan fingerprint density at radius 1 is 1.00 bits per heavy atom. The first kappa shape index (κ1) is 29.9. The number of benzene rings is 2. The Bertz CT molecular complexity index is 1380. The Kier molecular flexibility index (Phi) is 9.29. The van der Waals surface area contributed by atoms with Crippen LogP contribution in [-0.2, 0) is 27.8 Å². The molecule has 2 aromatic rings. The van der Waals surface area contributed by atoms with E-state index in [4.69, 9.17) is 16.3 Å². The molecule has 7 nitrogen and oxygen atoms in total. The molecule has 1 N–H and O–H groups in total. The molecule has 1 saturated carbocycles. The van der Waals surface area contributed by atoms with Gasteiger partial charge in [0.05, 0.1) is 11.4 Å². The number of fused-ring (bicyclic) bond motifs is 3. The van der Waals surface area contributed by atoms with Gasteiger partial charge in [-0.05, 0) is 110 Å². The van der Waals surface area contributed by atoms with E-state index < -0.39 is 15.9 Å².